The summed E-state index contributed by atoms with van der Waals surface area (Å²) in [6, 6.07) is 6.36. The molecule has 3 nitrogen and oxygen atoms in total. The van der Waals surface area contributed by atoms with Crippen molar-refractivity contribution in [2.45, 2.75) is 50.7 Å². The van der Waals surface area contributed by atoms with E-state index in [1.165, 1.54) is 12.5 Å². The zero-order valence-corrected chi connectivity index (χ0v) is 14.8. The fourth-order valence-electron chi connectivity index (χ4n) is 4.17. The van der Waals surface area contributed by atoms with Crippen molar-refractivity contribution >= 4 is 0 Å². The maximum Gasteiger partial charge on any atom is 0.461 e. The third kappa shape index (κ3) is 4.49. The largest absolute Gasteiger partial charge is 0.461 e. The van der Waals surface area contributed by atoms with Crippen molar-refractivity contribution in [2.24, 2.45) is 5.92 Å². The highest BCUT2D eigenvalue weighted by Crippen LogP contribution is 2.43. The average Bonchev–Trinajstić information content (AvgIpc) is 2.65. The van der Waals surface area contributed by atoms with Crippen molar-refractivity contribution in [1.29, 1.82) is 0 Å². The van der Waals surface area contributed by atoms with Crippen molar-refractivity contribution in [3.8, 4) is 5.75 Å². The van der Waals surface area contributed by atoms with Crippen LogP contribution in [-0.2, 0) is 0 Å². The zero-order valence-electron chi connectivity index (χ0n) is 14.8. The van der Waals surface area contributed by atoms with E-state index in [9.17, 15) is 17.6 Å². The Bertz CT molecular complexity index is 554. The summed E-state index contributed by atoms with van der Waals surface area (Å²) < 4.78 is 57.0. The lowest BCUT2D eigenvalue weighted by molar-refractivity contribution is -0.253. The summed E-state index contributed by atoms with van der Waals surface area (Å²) in [5, 5.41) is 3.30. The van der Waals surface area contributed by atoms with Gasteiger partial charge in [0.1, 0.15) is 5.75 Å². The molecule has 1 aromatic rings. The summed E-state index contributed by atoms with van der Waals surface area (Å²) in [4.78, 5) is 2.29. The lowest BCUT2D eigenvalue weighted by atomic mass is 9.80. The Labute approximate surface area is 151 Å². The van der Waals surface area contributed by atoms with Gasteiger partial charge in [-0.3, -0.25) is 4.90 Å². The van der Waals surface area contributed by atoms with Gasteiger partial charge in [0.25, 0.3) is 0 Å². The minimum atomic E-state index is -4.49. The van der Waals surface area contributed by atoms with Gasteiger partial charge in [-0.2, -0.15) is 17.6 Å². The summed E-state index contributed by atoms with van der Waals surface area (Å²) in [6.45, 7) is 3.28. The topological polar surface area (TPSA) is 24.5 Å². The third-order valence-corrected chi connectivity index (χ3v) is 5.38. The second-order valence-corrected chi connectivity index (χ2v) is 7.13. The molecule has 1 saturated heterocycles. The predicted octanol–water partition coefficient (Wildman–Crippen LogP) is 4.45. The van der Waals surface area contributed by atoms with E-state index in [2.05, 4.69) is 15.0 Å². The van der Waals surface area contributed by atoms with Gasteiger partial charge in [0.05, 0.1) is 0 Å². The number of para-hydroxylation sites is 1. The molecule has 1 aliphatic heterocycles. The Morgan fingerprint density at radius 1 is 1.04 bits per heavy atom. The van der Waals surface area contributed by atoms with Gasteiger partial charge in [-0.05, 0) is 24.8 Å². The summed E-state index contributed by atoms with van der Waals surface area (Å²) in [5.74, 6) is 0.193. The van der Waals surface area contributed by atoms with Gasteiger partial charge in [0, 0.05) is 37.8 Å². The molecule has 1 atom stereocenters. The van der Waals surface area contributed by atoms with Crippen LogP contribution in [0.3, 0.4) is 0 Å². The molecule has 0 unspecified atom stereocenters. The highest BCUT2D eigenvalue weighted by Gasteiger charge is 2.45. The highest BCUT2D eigenvalue weighted by molar-refractivity contribution is 5.37. The molecule has 0 radical (unpaired) electrons. The quantitative estimate of drug-likeness (QED) is 0.745. The number of rotatable bonds is 6. The first kappa shape index (κ1) is 19.4. The summed E-state index contributed by atoms with van der Waals surface area (Å²) in [5.41, 5.74) is 0.599. The van der Waals surface area contributed by atoms with Crippen molar-refractivity contribution in [3.63, 3.8) is 0 Å². The lowest BCUT2D eigenvalue weighted by Gasteiger charge is -2.41. The van der Waals surface area contributed by atoms with Gasteiger partial charge in [-0.15, -0.1) is 0 Å². The van der Waals surface area contributed by atoms with E-state index in [1.54, 1.807) is 18.2 Å². The molecule has 0 bridgehead atoms. The molecule has 2 aliphatic rings. The molecule has 3 rings (SSSR count). The molecule has 26 heavy (non-hydrogen) atoms. The van der Waals surface area contributed by atoms with Crippen molar-refractivity contribution in [1.82, 2.24) is 10.2 Å². The number of nitrogens with zero attached hydrogens (tertiary/aromatic N) is 1. The van der Waals surface area contributed by atoms with E-state index in [1.807, 2.05) is 0 Å². The standard InChI is InChI=1S/C19H26F4N2O/c20-18(21)19(22,23)26-16-9-5-4-8-15(16)17(14-6-2-1-3-7-14)25-12-10-24-11-13-25/h4-5,8-9,14,17-18,24H,1-3,6-7,10-13H2/t17-/m0/s1. The second-order valence-electron chi connectivity index (χ2n) is 7.13. The first-order valence-corrected chi connectivity index (χ1v) is 9.37. The summed E-state index contributed by atoms with van der Waals surface area (Å²) in [6.07, 6.45) is -2.89. The number of benzene rings is 1. The van der Waals surface area contributed by atoms with Crippen LogP contribution in [0.1, 0.15) is 43.7 Å². The normalized spacial score (nSPS) is 21.7. The van der Waals surface area contributed by atoms with E-state index < -0.39 is 12.5 Å². The summed E-state index contributed by atoms with van der Waals surface area (Å²) >= 11 is 0. The molecule has 0 aromatic heterocycles. The number of halogens is 4. The number of ether oxygens (including phenoxy) is 1. The molecular formula is C19H26F4N2O. The highest BCUT2D eigenvalue weighted by atomic mass is 19.3. The Balaban J connectivity index is 1.92. The Morgan fingerprint density at radius 3 is 2.35 bits per heavy atom. The maximum absolute atomic E-state index is 13.6. The van der Waals surface area contributed by atoms with Crippen LogP contribution < -0.4 is 10.1 Å². The number of nitrogens with one attached hydrogen (secondary N) is 1. The summed E-state index contributed by atoms with van der Waals surface area (Å²) in [7, 11) is 0. The van der Waals surface area contributed by atoms with Crippen LogP contribution >= 0.6 is 0 Å². The van der Waals surface area contributed by atoms with Crippen LogP contribution in [0.15, 0.2) is 24.3 Å². The lowest BCUT2D eigenvalue weighted by Crippen LogP contribution is -2.47. The van der Waals surface area contributed by atoms with Crippen LogP contribution in [0, 0.1) is 5.92 Å². The molecule has 1 aromatic carbocycles. The van der Waals surface area contributed by atoms with E-state index in [0.717, 1.165) is 51.9 Å². The molecule has 146 valence electrons. The molecule has 1 N–H and O–H groups in total. The Kier molecular flexibility index (Phi) is 6.40. The van der Waals surface area contributed by atoms with Crippen molar-refractivity contribution in [3.05, 3.63) is 29.8 Å². The number of alkyl halides is 4. The minimum absolute atomic E-state index is 0.0814. The maximum atomic E-state index is 13.6. The molecule has 0 amide bonds. The van der Waals surface area contributed by atoms with Crippen LogP contribution in [0.5, 0.6) is 5.75 Å². The molecule has 1 aliphatic carbocycles. The first-order chi connectivity index (χ1) is 12.5. The van der Waals surface area contributed by atoms with Crippen molar-refractivity contribution in [2.75, 3.05) is 26.2 Å². The predicted molar refractivity (Wildman–Crippen MR) is 91.8 cm³/mol. The second kappa shape index (κ2) is 8.57. The van der Waals surface area contributed by atoms with E-state index in [4.69, 9.17) is 0 Å². The SMILES string of the molecule is FC(F)C(F)(F)Oc1ccccc1[C@H](C1CCCCC1)N1CCNCC1. The monoisotopic (exact) mass is 374 g/mol. The Morgan fingerprint density at radius 2 is 1.69 bits per heavy atom. The third-order valence-electron chi connectivity index (χ3n) is 5.38. The zero-order chi connectivity index (χ0) is 18.6. The first-order valence-electron chi connectivity index (χ1n) is 9.37. The minimum Gasteiger partial charge on any atom is -0.428 e. The molecule has 1 heterocycles. The molecule has 1 saturated carbocycles. The fraction of sp³-hybridized carbons (Fsp3) is 0.684. The molecule has 0 spiro atoms. The van der Waals surface area contributed by atoms with E-state index in [-0.39, 0.29) is 11.8 Å². The van der Waals surface area contributed by atoms with Crippen molar-refractivity contribution < 1.29 is 22.3 Å². The van der Waals surface area contributed by atoms with Crippen LogP contribution in [-0.4, -0.2) is 43.6 Å². The number of hydrogen-bond donors (Lipinski definition) is 1. The molecule has 2 fully saturated rings. The number of piperazine rings is 1. The van der Waals surface area contributed by atoms with Crippen LogP contribution in [0.2, 0.25) is 0 Å². The van der Waals surface area contributed by atoms with Gasteiger partial charge in [0.2, 0.25) is 0 Å². The van der Waals surface area contributed by atoms with Gasteiger partial charge in [-0.25, -0.2) is 0 Å². The van der Waals surface area contributed by atoms with Crippen LogP contribution in [0.25, 0.3) is 0 Å². The van der Waals surface area contributed by atoms with Gasteiger partial charge in [0.15, 0.2) is 0 Å². The number of hydrogen-bond acceptors (Lipinski definition) is 3. The van der Waals surface area contributed by atoms with E-state index >= 15 is 0 Å². The van der Waals surface area contributed by atoms with E-state index in [0.29, 0.717) is 11.5 Å². The molecular weight excluding hydrogens is 348 g/mol. The fourth-order valence-corrected chi connectivity index (χ4v) is 4.17. The van der Waals surface area contributed by atoms with Gasteiger partial charge < -0.3 is 10.1 Å². The Hall–Kier alpha value is -1.34. The smallest absolute Gasteiger partial charge is 0.428 e. The van der Waals surface area contributed by atoms with Crippen LogP contribution in [0.4, 0.5) is 17.6 Å². The average molecular weight is 374 g/mol. The van der Waals surface area contributed by atoms with Gasteiger partial charge in [-0.1, -0.05) is 37.5 Å². The van der Waals surface area contributed by atoms with Gasteiger partial charge >= 0.3 is 12.5 Å². The molecule has 7 heteroatoms.